The van der Waals surface area contributed by atoms with Gasteiger partial charge in [0.15, 0.2) is 6.29 Å². The Bertz CT molecular complexity index is 978. The molecule has 1 aromatic carbocycles. The van der Waals surface area contributed by atoms with Crippen LogP contribution in [0.4, 0.5) is 17.6 Å². The van der Waals surface area contributed by atoms with Crippen molar-refractivity contribution in [3.63, 3.8) is 0 Å². The number of carbonyl (C=O) groups is 1. The molecule has 2 aromatic rings. The van der Waals surface area contributed by atoms with E-state index in [0.29, 0.717) is 62.9 Å². The maximum atomic E-state index is 13.3. The molecule has 188 valence electrons. The number of fused-ring (bicyclic) bond motifs is 1. The standard InChI is InChI=1S/C23H29F4N3O4/c1-2-18-20-19(6-3-11-33-12-4-9-28-21(20)31)30(29-18)10-5-13-34-22(32)16-8-7-15(24)14-17(16)23(25,26)27/h7-8,14,22,32H,2-6,9-13H2,1H3,(H,28,31). The van der Waals surface area contributed by atoms with Gasteiger partial charge in [-0.1, -0.05) is 13.0 Å². The molecule has 1 amide bonds. The lowest BCUT2D eigenvalue weighted by Crippen LogP contribution is -2.26. The van der Waals surface area contributed by atoms with E-state index in [0.717, 1.165) is 30.7 Å². The molecule has 1 aliphatic heterocycles. The van der Waals surface area contributed by atoms with Gasteiger partial charge >= 0.3 is 6.18 Å². The predicted octanol–water partition coefficient (Wildman–Crippen LogP) is 3.78. The monoisotopic (exact) mass is 487 g/mol. The third-order valence-electron chi connectivity index (χ3n) is 5.52. The number of nitrogens with zero attached hydrogens (tertiary/aromatic N) is 2. The predicted molar refractivity (Wildman–Crippen MR) is 115 cm³/mol. The molecule has 0 radical (unpaired) electrons. The summed E-state index contributed by atoms with van der Waals surface area (Å²) in [6.07, 6.45) is -3.77. The Labute approximate surface area is 195 Å². The molecule has 34 heavy (non-hydrogen) atoms. The summed E-state index contributed by atoms with van der Waals surface area (Å²) in [6, 6.07) is 2.03. The highest BCUT2D eigenvalue weighted by atomic mass is 19.4. The lowest BCUT2D eigenvalue weighted by molar-refractivity contribution is -0.147. The molecule has 1 aliphatic rings. The number of halogens is 4. The molecule has 1 atom stereocenters. The topological polar surface area (TPSA) is 85.6 Å². The summed E-state index contributed by atoms with van der Waals surface area (Å²) in [5.41, 5.74) is 0.183. The largest absolute Gasteiger partial charge is 0.416 e. The zero-order valence-corrected chi connectivity index (χ0v) is 19.0. The Morgan fingerprint density at radius 2 is 2.06 bits per heavy atom. The molecule has 1 unspecified atom stereocenters. The van der Waals surface area contributed by atoms with Crippen LogP contribution in [0.3, 0.4) is 0 Å². The molecular formula is C23H29F4N3O4. The molecule has 0 saturated heterocycles. The lowest BCUT2D eigenvalue weighted by atomic mass is 10.1. The first kappa shape index (κ1) is 26.1. The quantitative estimate of drug-likeness (QED) is 0.353. The number of alkyl halides is 3. The molecule has 7 nitrogen and oxygen atoms in total. The molecule has 0 fully saturated rings. The maximum Gasteiger partial charge on any atom is 0.416 e. The summed E-state index contributed by atoms with van der Waals surface area (Å²) in [5, 5.41) is 17.6. The first-order valence-electron chi connectivity index (χ1n) is 11.3. The van der Waals surface area contributed by atoms with Crippen LogP contribution >= 0.6 is 0 Å². The van der Waals surface area contributed by atoms with Crippen molar-refractivity contribution in [1.82, 2.24) is 15.1 Å². The van der Waals surface area contributed by atoms with Gasteiger partial charge < -0.3 is 19.9 Å². The summed E-state index contributed by atoms with van der Waals surface area (Å²) in [7, 11) is 0. The van der Waals surface area contributed by atoms with Gasteiger partial charge in [-0.25, -0.2) is 4.39 Å². The number of aliphatic hydroxyl groups is 1. The fourth-order valence-corrected chi connectivity index (χ4v) is 3.90. The van der Waals surface area contributed by atoms with Crippen molar-refractivity contribution in [3.8, 4) is 0 Å². The summed E-state index contributed by atoms with van der Waals surface area (Å²) in [4.78, 5) is 12.8. The number of nitrogens with one attached hydrogen (secondary N) is 1. The van der Waals surface area contributed by atoms with Crippen LogP contribution in [0, 0.1) is 5.82 Å². The minimum Gasteiger partial charge on any atom is -0.381 e. The Kier molecular flexibility index (Phi) is 9.03. The van der Waals surface area contributed by atoms with E-state index in [1.54, 1.807) is 4.68 Å². The molecule has 3 rings (SSSR count). The van der Waals surface area contributed by atoms with Crippen LogP contribution in [-0.4, -0.2) is 47.2 Å². The van der Waals surface area contributed by atoms with E-state index < -0.39 is 29.4 Å². The third kappa shape index (κ3) is 6.55. The second-order valence-electron chi connectivity index (χ2n) is 7.98. The number of aryl methyl sites for hydroxylation is 2. The highest BCUT2D eigenvalue weighted by molar-refractivity contribution is 5.96. The summed E-state index contributed by atoms with van der Waals surface area (Å²) < 4.78 is 65.3. The first-order chi connectivity index (χ1) is 16.2. The molecule has 1 aromatic heterocycles. The molecule has 11 heteroatoms. The summed E-state index contributed by atoms with van der Waals surface area (Å²) in [5.74, 6) is -1.23. The van der Waals surface area contributed by atoms with Gasteiger partial charge in [-0.05, 0) is 44.2 Å². The van der Waals surface area contributed by atoms with Crippen molar-refractivity contribution in [2.45, 2.75) is 58.0 Å². The van der Waals surface area contributed by atoms with Gasteiger partial charge in [-0.2, -0.15) is 18.3 Å². The molecule has 0 aliphatic carbocycles. The average Bonchev–Trinajstić information content (AvgIpc) is 3.13. The number of hydrogen-bond donors (Lipinski definition) is 2. The van der Waals surface area contributed by atoms with Crippen molar-refractivity contribution in [1.29, 1.82) is 0 Å². The van der Waals surface area contributed by atoms with Crippen molar-refractivity contribution >= 4 is 5.91 Å². The van der Waals surface area contributed by atoms with Crippen LogP contribution in [-0.2, 0) is 35.0 Å². The Morgan fingerprint density at radius 1 is 1.29 bits per heavy atom. The van der Waals surface area contributed by atoms with Crippen LogP contribution in [0.2, 0.25) is 0 Å². The second-order valence-corrected chi connectivity index (χ2v) is 7.98. The maximum absolute atomic E-state index is 13.3. The van der Waals surface area contributed by atoms with Gasteiger partial charge in [0.2, 0.25) is 0 Å². The minimum absolute atomic E-state index is 0.0682. The first-order valence-corrected chi connectivity index (χ1v) is 11.3. The van der Waals surface area contributed by atoms with Gasteiger partial charge in [-0.15, -0.1) is 0 Å². The number of ether oxygens (including phenoxy) is 2. The number of amides is 1. The zero-order chi connectivity index (χ0) is 24.7. The highest BCUT2D eigenvalue weighted by Gasteiger charge is 2.35. The van der Waals surface area contributed by atoms with Crippen LogP contribution in [0.15, 0.2) is 18.2 Å². The van der Waals surface area contributed by atoms with Gasteiger partial charge in [-0.3, -0.25) is 9.48 Å². The third-order valence-corrected chi connectivity index (χ3v) is 5.52. The minimum atomic E-state index is -4.83. The number of aromatic nitrogens is 2. The summed E-state index contributed by atoms with van der Waals surface area (Å²) in [6.45, 7) is 3.83. The van der Waals surface area contributed by atoms with E-state index in [2.05, 4.69) is 10.4 Å². The highest BCUT2D eigenvalue weighted by Crippen LogP contribution is 2.35. The van der Waals surface area contributed by atoms with Crippen LogP contribution < -0.4 is 5.32 Å². The Hall–Kier alpha value is -2.50. The van der Waals surface area contributed by atoms with Gasteiger partial charge in [0.1, 0.15) is 5.82 Å². The van der Waals surface area contributed by atoms with Crippen molar-refractivity contribution < 1.29 is 36.9 Å². The number of benzene rings is 1. The molecular weight excluding hydrogens is 458 g/mol. The zero-order valence-electron chi connectivity index (χ0n) is 19.0. The summed E-state index contributed by atoms with van der Waals surface area (Å²) >= 11 is 0. The average molecular weight is 487 g/mol. The van der Waals surface area contributed by atoms with Crippen LogP contribution in [0.25, 0.3) is 0 Å². The van der Waals surface area contributed by atoms with E-state index in [9.17, 15) is 27.5 Å². The number of hydrogen-bond acceptors (Lipinski definition) is 5. The van der Waals surface area contributed by atoms with Crippen molar-refractivity contribution in [2.24, 2.45) is 0 Å². The molecule has 0 bridgehead atoms. The second kappa shape index (κ2) is 11.8. The smallest absolute Gasteiger partial charge is 0.381 e. The van der Waals surface area contributed by atoms with Gasteiger partial charge in [0, 0.05) is 31.9 Å². The Balaban J connectivity index is 1.68. The van der Waals surface area contributed by atoms with Crippen LogP contribution in [0.1, 0.15) is 65.3 Å². The van der Waals surface area contributed by atoms with Crippen LogP contribution in [0.5, 0.6) is 0 Å². The van der Waals surface area contributed by atoms with E-state index in [4.69, 9.17) is 9.47 Å². The van der Waals surface area contributed by atoms with E-state index in [1.165, 1.54) is 0 Å². The van der Waals surface area contributed by atoms with Crippen molar-refractivity contribution in [2.75, 3.05) is 26.4 Å². The lowest BCUT2D eigenvalue weighted by Gasteiger charge is -2.18. The molecule has 0 saturated carbocycles. The normalized spacial score (nSPS) is 16.5. The SMILES string of the molecule is CCc1nn(CCCOC(O)c2ccc(F)cc2C(F)(F)F)c2c1C(=O)NCCCOCCC2. The van der Waals surface area contributed by atoms with Gasteiger partial charge in [0.05, 0.1) is 29.1 Å². The number of rotatable bonds is 7. The van der Waals surface area contributed by atoms with E-state index >= 15 is 0 Å². The van der Waals surface area contributed by atoms with E-state index in [-0.39, 0.29) is 12.5 Å². The van der Waals surface area contributed by atoms with E-state index in [1.807, 2.05) is 6.92 Å². The molecule has 0 spiro atoms. The fraction of sp³-hybridized carbons (Fsp3) is 0.565. The van der Waals surface area contributed by atoms with Gasteiger partial charge in [0.25, 0.3) is 5.91 Å². The Morgan fingerprint density at radius 3 is 2.79 bits per heavy atom. The number of aliphatic hydroxyl groups excluding tert-OH is 1. The fourth-order valence-electron chi connectivity index (χ4n) is 3.90. The number of carbonyl (C=O) groups excluding carboxylic acids is 1. The molecule has 2 N–H and O–H groups in total. The van der Waals surface area contributed by atoms with Crippen molar-refractivity contribution in [3.05, 3.63) is 52.1 Å². The molecule has 2 heterocycles.